The van der Waals surface area contributed by atoms with Crippen molar-refractivity contribution in [2.45, 2.75) is 30.4 Å². The fraction of sp³-hybridized carbons (Fsp3) is 0.375. The van der Waals surface area contributed by atoms with Gasteiger partial charge in [0.05, 0.1) is 0 Å². The number of nitrogens with zero attached hydrogens (tertiary/aromatic N) is 4. The summed E-state index contributed by atoms with van der Waals surface area (Å²) < 4.78 is 4.00. The Morgan fingerprint density at radius 3 is 2.93 bits per heavy atom. The number of amides is 2. The summed E-state index contributed by atoms with van der Waals surface area (Å²) in [5.74, 6) is -1.97. The number of aliphatic carboxylic acids is 1. The van der Waals surface area contributed by atoms with Gasteiger partial charge in [0.2, 0.25) is 11.5 Å². The van der Waals surface area contributed by atoms with Gasteiger partial charge in [-0.25, -0.2) is 4.79 Å². The Hall–Kier alpha value is -2.93. The van der Waals surface area contributed by atoms with Crippen LogP contribution in [0.5, 0.6) is 0 Å². The molecule has 29 heavy (non-hydrogen) atoms. The predicted octanol–water partition coefficient (Wildman–Crippen LogP) is -0.0720. The number of hydrogen-bond donors (Lipinski definition) is 3. The van der Waals surface area contributed by atoms with Gasteiger partial charge in [-0.2, -0.15) is 9.36 Å². The zero-order chi connectivity index (χ0) is 20.5. The highest BCUT2D eigenvalue weighted by atomic mass is 32.2. The number of nitrogen functional groups attached to an aromatic ring is 1. The Morgan fingerprint density at radius 1 is 1.45 bits per heavy atom. The van der Waals surface area contributed by atoms with E-state index in [1.165, 1.54) is 17.8 Å². The van der Waals surface area contributed by atoms with Crippen molar-refractivity contribution in [2.75, 3.05) is 11.5 Å². The number of carboxylic acid groups (broad SMARTS) is 1. The molecule has 1 aromatic heterocycles. The minimum atomic E-state index is -1.18. The van der Waals surface area contributed by atoms with E-state index in [1.54, 1.807) is 0 Å². The summed E-state index contributed by atoms with van der Waals surface area (Å²) in [6.07, 6.45) is 6.60. The van der Waals surface area contributed by atoms with Crippen LogP contribution >= 0.6 is 23.3 Å². The number of oxime groups is 1. The highest BCUT2D eigenvalue weighted by molar-refractivity contribution is 8.00. The van der Waals surface area contributed by atoms with Gasteiger partial charge >= 0.3 is 5.97 Å². The fourth-order valence-corrected chi connectivity index (χ4v) is 4.71. The minimum absolute atomic E-state index is 0.00183. The third-order valence-corrected chi connectivity index (χ3v) is 6.19. The first-order valence-corrected chi connectivity index (χ1v) is 10.5. The van der Waals surface area contributed by atoms with Crippen molar-refractivity contribution in [3.8, 4) is 0 Å². The molecule has 3 heterocycles. The Morgan fingerprint density at radius 2 is 2.28 bits per heavy atom. The van der Waals surface area contributed by atoms with Crippen molar-refractivity contribution in [2.24, 2.45) is 5.16 Å². The Balaban J connectivity index is 1.50. The second kappa shape index (κ2) is 7.83. The van der Waals surface area contributed by atoms with Gasteiger partial charge in [0.1, 0.15) is 23.2 Å². The number of nitrogens with two attached hydrogens (primary N) is 1. The maximum Gasteiger partial charge on any atom is 0.352 e. The van der Waals surface area contributed by atoms with Gasteiger partial charge < -0.3 is 21.0 Å². The summed E-state index contributed by atoms with van der Waals surface area (Å²) in [6.45, 7) is 0. The van der Waals surface area contributed by atoms with Crippen LogP contribution in [0.3, 0.4) is 0 Å². The number of nitrogens with one attached hydrogen (secondary N) is 1. The lowest BCUT2D eigenvalue weighted by molar-refractivity contribution is -0.150. The highest BCUT2D eigenvalue weighted by Gasteiger charge is 2.53. The lowest BCUT2D eigenvalue weighted by atomic mass is 10.0. The number of carbonyl (C=O) groups is 3. The molecule has 0 bridgehead atoms. The number of carbonyl (C=O) groups excluding carboxylic acids is 2. The summed E-state index contributed by atoms with van der Waals surface area (Å²) >= 11 is 2.26. The Kier molecular flexibility index (Phi) is 5.24. The van der Waals surface area contributed by atoms with E-state index >= 15 is 0 Å². The number of anilines is 1. The van der Waals surface area contributed by atoms with Gasteiger partial charge in [0.25, 0.3) is 11.8 Å². The molecular weight excluding hydrogens is 420 g/mol. The number of fused-ring (bicyclic) bond motifs is 1. The van der Waals surface area contributed by atoms with E-state index < -0.39 is 29.2 Å². The normalized spacial score (nSPS) is 25.9. The molecule has 11 nitrogen and oxygen atoms in total. The van der Waals surface area contributed by atoms with Crippen LogP contribution < -0.4 is 11.1 Å². The molecule has 0 aromatic carbocycles. The van der Waals surface area contributed by atoms with Crippen molar-refractivity contribution >= 4 is 51.9 Å². The van der Waals surface area contributed by atoms with Crippen LogP contribution in [-0.4, -0.2) is 66.1 Å². The molecule has 4 N–H and O–H groups in total. The number of carboxylic acids is 1. The molecule has 1 aromatic rings. The molecule has 3 atom stereocenters. The molecule has 3 aliphatic rings. The van der Waals surface area contributed by atoms with E-state index in [0.29, 0.717) is 5.75 Å². The summed E-state index contributed by atoms with van der Waals surface area (Å²) in [5.41, 5.74) is 5.33. The quantitative estimate of drug-likeness (QED) is 0.240. The number of thioether (sulfide) groups is 1. The third-order valence-electron chi connectivity index (χ3n) is 4.47. The van der Waals surface area contributed by atoms with Gasteiger partial charge in [0, 0.05) is 17.3 Å². The molecular formula is C16H16N6O5S2. The SMILES string of the molecule is Nc1nc(/C(=N\OC2C=CCC2)C(=O)NC2C(=O)N3C(C(=O)O)=CCSC23)ns1. The van der Waals surface area contributed by atoms with Crippen molar-refractivity contribution in [3.05, 3.63) is 29.7 Å². The van der Waals surface area contributed by atoms with Gasteiger partial charge in [-0.1, -0.05) is 11.2 Å². The second-order valence-corrected chi connectivity index (χ2v) is 8.26. The van der Waals surface area contributed by atoms with E-state index in [4.69, 9.17) is 10.6 Å². The number of β-lactam (4-membered cyclic amide) rings is 1. The molecule has 1 aliphatic carbocycles. The van der Waals surface area contributed by atoms with Crippen molar-refractivity contribution in [1.82, 2.24) is 19.6 Å². The van der Waals surface area contributed by atoms with Gasteiger partial charge in [-0.15, -0.1) is 11.8 Å². The van der Waals surface area contributed by atoms with E-state index in [0.717, 1.165) is 29.3 Å². The van der Waals surface area contributed by atoms with Crippen LogP contribution in [0.1, 0.15) is 18.7 Å². The van der Waals surface area contributed by atoms with Crippen LogP contribution in [-0.2, 0) is 19.2 Å². The smallest absolute Gasteiger partial charge is 0.352 e. The van der Waals surface area contributed by atoms with Crippen LogP contribution in [0.4, 0.5) is 5.13 Å². The van der Waals surface area contributed by atoms with Crippen molar-refractivity contribution < 1.29 is 24.3 Å². The molecule has 0 spiro atoms. The van der Waals surface area contributed by atoms with Gasteiger partial charge in [-0.3, -0.25) is 14.5 Å². The zero-order valence-electron chi connectivity index (χ0n) is 14.8. The number of hydrogen-bond acceptors (Lipinski definition) is 10. The number of rotatable bonds is 6. The first-order valence-electron chi connectivity index (χ1n) is 8.64. The van der Waals surface area contributed by atoms with Crippen LogP contribution in [0.2, 0.25) is 0 Å². The van der Waals surface area contributed by atoms with E-state index in [9.17, 15) is 19.5 Å². The summed E-state index contributed by atoms with van der Waals surface area (Å²) in [6, 6.07) is -0.886. The van der Waals surface area contributed by atoms with E-state index in [2.05, 4.69) is 19.8 Å². The molecule has 3 unspecified atom stereocenters. The van der Waals surface area contributed by atoms with Crippen LogP contribution in [0, 0.1) is 0 Å². The molecule has 152 valence electrons. The largest absolute Gasteiger partial charge is 0.477 e. The summed E-state index contributed by atoms with van der Waals surface area (Å²) in [5, 5.41) is 15.4. The Bertz CT molecular complexity index is 957. The third kappa shape index (κ3) is 3.70. The monoisotopic (exact) mass is 436 g/mol. The van der Waals surface area contributed by atoms with Gasteiger partial charge in [0.15, 0.2) is 5.13 Å². The highest BCUT2D eigenvalue weighted by Crippen LogP contribution is 2.37. The molecule has 13 heteroatoms. The molecule has 0 saturated carbocycles. The zero-order valence-corrected chi connectivity index (χ0v) is 16.5. The van der Waals surface area contributed by atoms with Crippen LogP contribution in [0.25, 0.3) is 0 Å². The van der Waals surface area contributed by atoms with E-state index in [-0.39, 0.29) is 28.5 Å². The number of aromatic nitrogens is 2. The topological polar surface area (TPSA) is 160 Å². The van der Waals surface area contributed by atoms with Gasteiger partial charge in [-0.05, 0) is 25.0 Å². The average Bonchev–Trinajstić information content (AvgIpc) is 3.37. The standard InChI is InChI=1S/C16H16N6O5S2/c17-16-19-11(21-29-16)9(20-27-7-3-1-2-4-7)12(23)18-10-13(24)22-8(15(25)26)5-6-28-14(10)22/h1,3,5,7,10,14H,2,4,6H2,(H,18,23)(H,25,26)(H2,17,19,21)/b20-9+. The summed E-state index contributed by atoms with van der Waals surface area (Å²) in [4.78, 5) is 47.1. The maximum atomic E-state index is 12.8. The fourth-order valence-electron chi connectivity index (χ4n) is 3.08. The molecule has 0 radical (unpaired) electrons. The lowest BCUT2D eigenvalue weighted by Gasteiger charge is -2.48. The average molecular weight is 436 g/mol. The predicted molar refractivity (Wildman–Crippen MR) is 105 cm³/mol. The molecule has 2 aliphatic heterocycles. The second-order valence-electron chi connectivity index (χ2n) is 6.32. The lowest BCUT2D eigenvalue weighted by Crippen LogP contribution is -2.70. The first kappa shape index (κ1) is 19.4. The number of allylic oxidation sites excluding steroid dienone is 1. The summed E-state index contributed by atoms with van der Waals surface area (Å²) in [7, 11) is 0. The van der Waals surface area contributed by atoms with Crippen molar-refractivity contribution in [1.29, 1.82) is 0 Å². The van der Waals surface area contributed by atoms with E-state index in [1.807, 2.05) is 12.2 Å². The first-order chi connectivity index (χ1) is 14.0. The minimum Gasteiger partial charge on any atom is -0.477 e. The Labute approximate surface area is 172 Å². The molecule has 4 rings (SSSR count). The van der Waals surface area contributed by atoms with Crippen molar-refractivity contribution in [3.63, 3.8) is 0 Å². The molecule has 1 saturated heterocycles. The maximum absolute atomic E-state index is 12.8. The molecule has 1 fully saturated rings. The molecule has 2 amide bonds. The van der Waals surface area contributed by atoms with Crippen LogP contribution in [0.15, 0.2) is 29.1 Å².